The van der Waals surface area contributed by atoms with Crippen molar-refractivity contribution in [1.82, 2.24) is 0 Å². The molecule has 1 heteroatoms. The van der Waals surface area contributed by atoms with Gasteiger partial charge in [-0.05, 0) is 98.1 Å². The lowest BCUT2D eigenvalue weighted by Gasteiger charge is -2.12. The minimum atomic E-state index is 0.193. The number of ketones is 1. The molecule has 0 saturated carbocycles. The summed E-state index contributed by atoms with van der Waals surface area (Å²) in [5.41, 5.74) is 16.9. The van der Waals surface area contributed by atoms with Gasteiger partial charge in [-0.15, -0.1) is 24.6 Å². The van der Waals surface area contributed by atoms with Crippen molar-refractivity contribution in [1.29, 1.82) is 0 Å². The first kappa shape index (κ1) is 34.4. The lowest BCUT2D eigenvalue weighted by atomic mass is 9.92. The van der Waals surface area contributed by atoms with Gasteiger partial charge in [-0.1, -0.05) is 83.2 Å². The molecule has 0 aromatic heterocycles. The van der Waals surface area contributed by atoms with Gasteiger partial charge in [-0.25, -0.2) is 0 Å². The Hall–Kier alpha value is -3.63. The fourth-order valence-electron chi connectivity index (χ4n) is 5.16. The number of allylic oxidation sites excluding steroid dienone is 6. The molecule has 4 rings (SSSR count). The quantitative estimate of drug-likeness (QED) is 0.149. The van der Waals surface area contributed by atoms with Crippen LogP contribution in [0.4, 0.5) is 0 Å². The zero-order chi connectivity index (χ0) is 30.1. The fourth-order valence-corrected chi connectivity index (χ4v) is 5.16. The minimum Gasteiger partial charge on any atom is -0.294 e. The van der Waals surface area contributed by atoms with E-state index in [0.717, 1.165) is 60.0 Å². The number of carbonyl (C=O) groups is 1. The molecule has 0 radical (unpaired) electrons. The second kappa shape index (κ2) is 18.6. The number of hydrogen-bond acceptors (Lipinski definition) is 1. The second-order valence-corrected chi connectivity index (χ2v) is 9.44. The van der Waals surface area contributed by atoms with Crippen molar-refractivity contribution in [2.24, 2.45) is 0 Å². The molecule has 1 nitrogen and oxygen atoms in total. The van der Waals surface area contributed by atoms with Gasteiger partial charge < -0.3 is 0 Å². The predicted octanol–water partition coefficient (Wildman–Crippen LogP) is 11.1. The van der Waals surface area contributed by atoms with Crippen LogP contribution in [-0.2, 0) is 12.8 Å². The Morgan fingerprint density at radius 2 is 1.75 bits per heavy atom. The Kier molecular flexibility index (Phi) is 16.0. The molecular formula is C39H50O. The molecule has 1 atom stereocenters. The van der Waals surface area contributed by atoms with E-state index in [1.165, 1.54) is 22.3 Å². The zero-order valence-corrected chi connectivity index (χ0v) is 26.1. The van der Waals surface area contributed by atoms with Crippen LogP contribution in [0.15, 0.2) is 109 Å². The van der Waals surface area contributed by atoms with E-state index in [9.17, 15) is 4.79 Å². The minimum absolute atomic E-state index is 0.193. The van der Waals surface area contributed by atoms with E-state index in [2.05, 4.69) is 106 Å². The fraction of sp³-hybridized carbons (Fsp3) is 0.359. The van der Waals surface area contributed by atoms with E-state index in [1.54, 1.807) is 0 Å². The van der Waals surface area contributed by atoms with Gasteiger partial charge in [-0.2, -0.15) is 0 Å². The highest BCUT2D eigenvalue weighted by Gasteiger charge is 2.20. The monoisotopic (exact) mass is 534 g/mol. The molecule has 212 valence electrons. The molecule has 2 aliphatic rings. The molecule has 0 spiro atoms. The van der Waals surface area contributed by atoms with Crippen molar-refractivity contribution >= 4 is 5.78 Å². The summed E-state index contributed by atoms with van der Waals surface area (Å²) in [6, 6.07) is 12.9. The van der Waals surface area contributed by atoms with Gasteiger partial charge >= 0.3 is 0 Å². The maximum Gasteiger partial charge on any atom is 0.167 e. The number of hydrogen-bond donors (Lipinski definition) is 0. The van der Waals surface area contributed by atoms with Crippen LogP contribution in [0.3, 0.4) is 0 Å². The summed E-state index contributed by atoms with van der Waals surface area (Å²) in [6.45, 7) is 24.2. The summed E-state index contributed by atoms with van der Waals surface area (Å²) >= 11 is 0. The Balaban J connectivity index is 0.00000125. The van der Waals surface area contributed by atoms with Crippen LogP contribution < -0.4 is 0 Å². The molecule has 2 aromatic carbocycles. The second-order valence-electron chi connectivity index (χ2n) is 9.44. The van der Waals surface area contributed by atoms with Crippen LogP contribution in [0, 0.1) is 13.8 Å². The highest BCUT2D eigenvalue weighted by molar-refractivity contribution is 5.99. The maximum absolute atomic E-state index is 13.2. The molecule has 0 amide bonds. The van der Waals surface area contributed by atoms with E-state index in [4.69, 9.17) is 0 Å². The van der Waals surface area contributed by atoms with Crippen molar-refractivity contribution in [2.75, 3.05) is 0 Å². The summed E-state index contributed by atoms with van der Waals surface area (Å²) in [5, 5.41) is 0. The molecule has 0 saturated heterocycles. The third-order valence-corrected chi connectivity index (χ3v) is 7.12. The first-order chi connectivity index (χ1) is 19.5. The topological polar surface area (TPSA) is 17.1 Å². The number of aryl methyl sites for hydroxylation is 4. The average molecular weight is 535 g/mol. The molecule has 1 unspecified atom stereocenters. The standard InChI is InChI=1S/C33H34O.2C2H6.C2H4/c1-5-26(15-16-29-18-17-28-12-9-10-14-31(28)29)30-13-8-7-11-25(21-30)22-33(34)32-20-23(3)27(6-2)19-24(32)4;3*1-2/h8-10,12,14-16,19-21,29H,1,6-7,11,17-18,22H2,2-4H3;2*1-2H3;1-2H2/b16-15+;;;. The molecule has 0 fully saturated rings. The third kappa shape index (κ3) is 9.24. The van der Waals surface area contributed by atoms with Crippen molar-refractivity contribution in [3.63, 3.8) is 0 Å². The molecule has 2 aliphatic carbocycles. The first-order valence-corrected chi connectivity index (χ1v) is 14.9. The Labute approximate surface area is 245 Å². The van der Waals surface area contributed by atoms with E-state index in [-0.39, 0.29) is 5.78 Å². The van der Waals surface area contributed by atoms with Gasteiger partial charge in [0.1, 0.15) is 0 Å². The average Bonchev–Trinajstić information content (AvgIpc) is 3.28. The first-order valence-electron chi connectivity index (χ1n) is 14.9. The highest BCUT2D eigenvalue weighted by atomic mass is 16.1. The largest absolute Gasteiger partial charge is 0.294 e. The van der Waals surface area contributed by atoms with Gasteiger partial charge in [0.25, 0.3) is 0 Å². The van der Waals surface area contributed by atoms with Gasteiger partial charge in [0, 0.05) is 29.0 Å². The molecular weight excluding hydrogens is 484 g/mol. The SMILES string of the molecule is C=C.C=C=C(/C=C/C1CCc2ccccc21)C1=C=CCCC(CC(=O)c2cc(C)c(CC)cc2C)=C1.CC.CC. The maximum atomic E-state index is 13.2. The van der Waals surface area contributed by atoms with Crippen LogP contribution in [-0.4, -0.2) is 5.78 Å². The molecule has 0 N–H and O–H groups in total. The summed E-state index contributed by atoms with van der Waals surface area (Å²) in [7, 11) is 0. The summed E-state index contributed by atoms with van der Waals surface area (Å²) in [4.78, 5) is 13.2. The highest BCUT2D eigenvalue weighted by Crippen LogP contribution is 2.34. The number of Topliss-reactive ketones (excluding diaryl/α,β-unsaturated/α-hetero) is 1. The van der Waals surface area contributed by atoms with Crippen LogP contribution in [0.1, 0.15) is 104 Å². The Bertz CT molecular complexity index is 1300. The van der Waals surface area contributed by atoms with Gasteiger partial charge in [-0.3, -0.25) is 4.79 Å². The van der Waals surface area contributed by atoms with E-state index in [0.29, 0.717) is 12.3 Å². The number of carbonyl (C=O) groups excluding carboxylic acids is 1. The van der Waals surface area contributed by atoms with Crippen molar-refractivity contribution in [2.45, 2.75) is 92.9 Å². The van der Waals surface area contributed by atoms with Crippen molar-refractivity contribution in [3.8, 4) is 0 Å². The molecule has 2 aromatic rings. The van der Waals surface area contributed by atoms with E-state index < -0.39 is 0 Å². The van der Waals surface area contributed by atoms with Crippen LogP contribution in [0.2, 0.25) is 0 Å². The summed E-state index contributed by atoms with van der Waals surface area (Å²) < 4.78 is 0. The number of benzene rings is 2. The molecule has 0 heterocycles. The molecule has 40 heavy (non-hydrogen) atoms. The third-order valence-electron chi connectivity index (χ3n) is 7.12. The van der Waals surface area contributed by atoms with Crippen LogP contribution in [0.25, 0.3) is 0 Å². The molecule has 0 bridgehead atoms. The molecule has 0 aliphatic heterocycles. The van der Waals surface area contributed by atoms with Crippen LogP contribution in [0.5, 0.6) is 0 Å². The Morgan fingerprint density at radius 3 is 2.42 bits per heavy atom. The predicted molar refractivity (Wildman–Crippen MR) is 176 cm³/mol. The lowest BCUT2D eigenvalue weighted by Crippen LogP contribution is -2.05. The number of fused-ring (bicyclic) bond motifs is 1. The van der Waals surface area contributed by atoms with Gasteiger partial charge in [0.2, 0.25) is 0 Å². The van der Waals surface area contributed by atoms with E-state index in [1.807, 2.05) is 34.6 Å². The Morgan fingerprint density at radius 1 is 1.05 bits per heavy atom. The van der Waals surface area contributed by atoms with Gasteiger partial charge in [0.15, 0.2) is 5.78 Å². The lowest BCUT2D eigenvalue weighted by molar-refractivity contribution is 0.0991. The van der Waals surface area contributed by atoms with Crippen molar-refractivity contribution < 1.29 is 4.79 Å². The van der Waals surface area contributed by atoms with Crippen molar-refractivity contribution in [3.05, 3.63) is 142 Å². The van der Waals surface area contributed by atoms with E-state index >= 15 is 0 Å². The zero-order valence-electron chi connectivity index (χ0n) is 26.1. The summed E-state index contributed by atoms with van der Waals surface area (Å²) in [6.07, 6.45) is 14.1. The normalized spacial score (nSPS) is 14.9. The van der Waals surface area contributed by atoms with Gasteiger partial charge in [0.05, 0.1) is 0 Å². The number of rotatable bonds is 7. The smallest absolute Gasteiger partial charge is 0.167 e. The van der Waals surface area contributed by atoms with Crippen LogP contribution >= 0.6 is 0 Å². The summed E-state index contributed by atoms with van der Waals surface area (Å²) in [5.74, 6) is 0.621.